The molecule has 4 rings (SSSR count). The van der Waals surface area contributed by atoms with E-state index in [-0.39, 0.29) is 18.4 Å². The highest BCUT2D eigenvalue weighted by Gasteiger charge is 2.38. The fraction of sp³-hybridized carbons (Fsp3) is 0.391. The summed E-state index contributed by atoms with van der Waals surface area (Å²) in [5.74, 6) is 0.0899. The number of likely N-dealkylation sites (tertiary alicyclic amines) is 1. The molecule has 1 fully saturated rings. The maximum Gasteiger partial charge on any atom is 0.449 e. The lowest BCUT2D eigenvalue weighted by atomic mass is 9.96. The Morgan fingerprint density at radius 2 is 1.77 bits per heavy atom. The average Bonchev–Trinajstić information content (AvgIpc) is 3.14. The zero-order valence-corrected chi connectivity index (χ0v) is 18.0. The van der Waals surface area contributed by atoms with Gasteiger partial charge in [0.15, 0.2) is 0 Å². The molecule has 0 bridgehead atoms. The number of rotatable bonds is 5. The largest absolute Gasteiger partial charge is 0.449 e. The number of fused-ring (bicyclic) bond motifs is 1. The number of alkyl halides is 3. The Morgan fingerprint density at radius 1 is 1.10 bits per heavy atom. The van der Waals surface area contributed by atoms with Crippen molar-refractivity contribution < 1.29 is 18.0 Å². The van der Waals surface area contributed by atoms with E-state index in [0.29, 0.717) is 42.5 Å². The molecule has 0 spiro atoms. The summed E-state index contributed by atoms with van der Waals surface area (Å²) in [6.45, 7) is 3.39. The number of benzene rings is 2. The van der Waals surface area contributed by atoms with Crippen LogP contribution in [0.4, 0.5) is 13.2 Å². The number of imidazole rings is 1. The molecule has 0 atom stereocenters. The number of hydrogen-bond donors (Lipinski definition) is 0. The summed E-state index contributed by atoms with van der Waals surface area (Å²) in [6.07, 6.45) is -3.17. The number of amides is 1. The number of carbonyl (C=O) groups is 1. The van der Waals surface area contributed by atoms with Gasteiger partial charge in [-0.2, -0.15) is 13.2 Å². The molecule has 0 saturated carbocycles. The highest BCUT2D eigenvalue weighted by Crippen LogP contribution is 2.33. The van der Waals surface area contributed by atoms with Crippen molar-refractivity contribution in [1.82, 2.24) is 14.5 Å². The Hall–Kier alpha value is -2.48. The van der Waals surface area contributed by atoms with E-state index in [1.165, 1.54) is 4.57 Å². The number of halogens is 3. The molecule has 4 nitrogen and oxygen atoms in total. The summed E-state index contributed by atoms with van der Waals surface area (Å²) in [7, 11) is 0. The number of para-hydroxylation sites is 2. The fourth-order valence-corrected chi connectivity index (χ4v) is 4.95. The second-order valence-corrected chi connectivity index (χ2v) is 9.00. The third kappa shape index (κ3) is 4.59. The Kier molecular flexibility index (Phi) is 6.27. The van der Waals surface area contributed by atoms with E-state index in [2.05, 4.69) is 4.98 Å². The van der Waals surface area contributed by atoms with Gasteiger partial charge in [0.25, 0.3) is 5.91 Å². The van der Waals surface area contributed by atoms with Gasteiger partial charge in [0.1, 0.15) is 0 Å². The van der Waals surface area contributed by atoms with Crippen LogP contribution in [0.2, 0.25) is 0 Å². The van der Waals surface area contributed by atoms with Crippen molar-refractivity contribution in [2.24, 2.45) is 5.92 Å². The molecule has 2 heterocycles. The summed E-state index contributed by atoms with van der Waals surface area (Å²) in [4.78, 5) is 19.6. The molecule has 0 N–H and O–H groups in total. The molecule has 8 heteroatoms. The third-order valence-electron chi connectivity index (χ3n) is 5.67. The summed E-state index contributed by atoms with van der Waals surface area (Å²) >= 11 is 1.64. The molecular weight excluding hydrogens is 423 g/mol. The Labute approximate surface area is 183 Å². The van der Waals surface area contributed by atoms with Gasteiger partial charge in [-0.3, -0.25) is 4.79 Å². The number of piperidine rings is 1. The predicted octanol–water partition coefficient (Wildman–Crippen LogP) is 5.72. The summed E-state index contributed by atoms with van der Waals surface area (Å²) in [5, 5.41) is 0. The van der Waals surface area contributed by atoms with Crippen LogP contribution >= 0.6 is 11.8 Å². The lowest BCUT2D eigenvalue weighted by Crippen LogP contribution is -2.39. The minimum Gasteiger partial charge on any atom is -0.339 e. The van der Waals surface area contributed by atoms with Crippen molar-refractivity contribution >= 4 is 28.7 Å². The minimum atomic E-state index is -4.50. The number of carbonyl (C=O) groups excluding carboxylic acids is 1. The van der Waals surface area contributed by atoms with Gasteiger partial charge in [-0.05, 0) is 48.8 Å². The Balaban J connectivity index is 1.48. The van der Waals surface area contributed by atoms with Crippen molar-refractivity contribution in [2.75, 3.05) is 18.8 Å². The average molecular weight is 448 g/mol. The second-order valence-electron chi connectivity index (χ2n) is 7.70. The highest BCUT2D eigenvalue weighted by molar-refractivity contribution is 7.99. The first-order valence-corrected chi connectivity index (χ1v) is 11.4. The van der Waals surface area contributed by atoms with Gasteiger partial charge >= 0.3 is 6.18 Å². The normalized spacial score (nSPS) is 15.5. The van der Waals surface area contributed by atoms with Gasteiger partial charge in [-0.15, -0.1) is 11.8 Å². The molecule has 0 aliphatic carbocycles. The zero-order valence-electron chi connectivity index (χ0n) is 17.2. The van der Waals surface area contributed by atoms with Gasteiger partial charge in [0.2, 0.25) is 5.82 Å². The molecule has 0 radical (unpaired) electrons. The topological polar surface area (TPSA) is 38.1 Å². The quantitative estimate of drug-likeness (QED) is 0.470. The van der Waals surface area contributed by atoms with Gasteiger partial charge in [0, 0.05) is 24.5 Å². The van der Waals surface area contributed by atoms with Crippen LogP contribution in [0.1, 0.15) is 35.9 Å². The van der Waals surface area contributed by atoms with E-state index >= 15 is 0 Å². The van der Waals surface area contributed by atoms with E-state index < -0.39 is 12.0 Å². The molecule has 1 aliphatic heterocycles. The molecule has 1 aliphatic rings. The number of aromatic nitrogens is 2. The number of hydrogen-bond acceptors (Lipinski definition) is 3. The third-order valence-corrected chi connectivity index (χ3v) is 6.62. The molecular formula is C23H24F3N3OS. The smallest absolute Gasteiger partial charge is 0.339 e. The van der Waals surface area contributed by atoms with Crippen molar-refractivity contribution in [3.63, 3.8) is 0 Å². The zero-order chi connectivity index (χ0) is 22.0. The number of thioether (sulfide) groups is 1. The molecule has 0 unspecified atom stereocenters. The van der Waals surface area contributed by atoms with Crippen LogP contribution in [0.5, 0.6) is 0 Å². The summed E-state index contributed by atoms with van der Waals surface area (Å²) < 4.78 is 42.0. The van der Waals surface area contributed by atoms with Crippen LogP contribution in [0.25, 0.3) is 11.0 Å². The lowest BCUT2D eigenvalue weighted by Gasteiger charge is -2.33. The lowest BCUT2D eigenvalue weighted by molar-refractivity contribution is -0.147. The van der Waals surface area contributed by atoms with Gasteiger partial charge in [-0.1, -0.05) is 31.2 Å². The summed E-state index contributed by atoms with van der Waals surface area (Å²) in [6, 6.07) is 14.3. The molecule has 3 aromatic rings. The maximum atomic E-state index is 13.6. The van der Waals surface area contributed by atoms with E-state index in [0.717, 1.165) is 10.6 Å². The molecule has 2 aromatic carbocycles. The second kappa shape index (κ2) is 8.94. The SMILES string of the molecule is CCSc1ccccc1C(=O)N1CCC(Cn2c(C(F)(F)F)nc3ccccc32)CC1. The monoisotopic (exact) mass is 447 g/mol. The fourth-order valence-electron chi connectivity index (χ4n) is 4.15. The Morgan fingerprint density at radius 3 is 2.48 bits per heavy atom. The van der Waals surface area contributed by atoms with Crippen LogP contribution in [0.15, 0.2) is 53.4 Å². The summed E-state index contributed by atoms with van der Waals surface area (Å²) in [5.41, 5.74) is 1.55. The standard InChI is InChI=1S/C23H24F3N3OS/c1-2-31-20-10-6-3-7-17(20)21(30)28-13-11-16(12-14-28)15-29-19-9-5-4-8-18(19)27-22(29)23(24,25)26/h3-10,16H,2,11-15H2,1H3. The van der Waals surface area contributed by atoms with E-state index in [1.54, 1.807) is 36.0 Å². The first-order valence-electron chi connectivity index (χ1n) is 10.4. The van der Waals surface area contributed by atoms with Crippen LogP contribution < -0.4 is 0 Å². The van der Waals surface area contributed by atoms with Gasteiger partial charge < -0.3 is 9.47 Å². The maximum absolute atomic E-state index is 13.6. The van der Waals surface area contributed by atoms with E-state index in [9.17, 15) is 18.0 Å². The minimum absolute atomic E-state index is 0.000869. The van der Waals surface area contributed by atoms with Crippen molar-refractivity contribution in [1.29, 1.82) is 0 Å². The van der Waals surface area contributed by atoms with Crippen LogP contribution in [-0.4, -0.2) is 39.2 Å². The van der Waals surface area contributed by atoms with E-state index in [1.807, 2.05) is 36.1 Å². The number of nitrogens with zero attached hydrogens (tertiary/aromatic N) is 3. The first-order chi connectivity index (χ1) is 14.9. The van der Waals surface area contributed by atoms with Crippen molar-refractivity contribution in [2.45, 2.75) is 37.4 Å². The molecule has 1 saturated heterocycles. The highest BCUT2D eigenvalue weighted by atomic mass is 32.2. The van der Waals surface area contributed by atoms with Crippen LogP contribution in [0, 0.1) is 5.92 Å². The van der Waals surface area contributed by atoms with Crippen molar-refractivity contribution in [3.05, 3.63) is 59.9 Å². The molecule has 1 aromatic heterocycles. The molecule has 31 heavy (non-hydrogen) atoms. The molecule has 164 valence electrons. The van der Waals surface area contributed by atoms with Crippen molar-refractivity contribution in [3.8, 4) is 0 Å². The Bertz CT molecular complexity index is 1070. The van der Waals surface area contributed by atoms with Crippen LogP contribution in [0.3, 0.4) is 0 Å². The van der Waals surface area contributed by atoms with E-state index in [4.69, 9.17) is 0 Å². The molecule has 1 amide bonds. The predicted molar refractivity (Wildman–Crippen MR) is 116 cm³/mol. The van der Waals surface area contributed by atoms with Crippen LogP contribution in [-0.2, 0) is 12.7 Å². The first kappa shape index (κ1) is 21.7. The van der Waals surface area contributed by atoms with Gasteiger partial charge in [0.05, 0.1) is 16.6 Å². The van der Waals surface area contributed by atoms with Gasteiger partial charge in [-0.25, -0.2) is 4.98 Å².